The van der Waals surface area contributed by atoms with Crippen molar-refractivity contribution < 1.29 is 71.3 Å². The molecule has 2 aliphatic rings. The van der Waals surface area contributed by atoms with Crippen molar-refractivity contribution in [3.8, 4) is 5.75 Å². The maximum absolute atomic E-state index is 15.0. The molecule has 0 amide bonds. The summed E-state index contributed by atoms with van der Waals surface area (Å²) >= 11 is 0. The lowest BCUT2D eigenvalue weighted by atomic mass is 9.86. The van der Waals surface area contributed by atoms with E-state index in [0.29, 0.717) is 6.42 Å². The summed E-state index contributed by atoms with van der Waals surface area (Å²) in [6.07, 6.45) is -20.6. The topological polar surface area (TPSA) is 27.7 Å². The number of hydrogen-bond acceptors (Lipinski definition) is 3. The third-order valence-electron chi connectivity index (χ3n) is 8.10. The summed E-state index contributed by atoms with van der Waals surface area (Å²) in [5.74, 6) is -10.3. The fourth-order valence-electron chi connectivity index (χ4n) is 5.69. The Hall–Kier alpha value is -3.27. The first-order valence-corrected chi connectivity index (χ1v) is 14.8. The molecule has 266 valence electrons. The van der Waals surface area contributed by atoms with E-state index in [4.69, 9.17) is 4.74 Å². The van der Waals surface area contributed by atoms with E-state index in [9.17, 15) is 57.1 Å². The molecule has 48 heavy (non-hydrogen) atoms. The lowest BCUT2D eigenvalue weighted by Gasteiger charge is -2.35. The zero-order chi connectivity index (χ0) is 35.7. The maximum atomic E-state index is 15.0. The van der Waals surface area contributed by atoms with Gasteiger partial charge in [-0.25, -0.2) is 17.6 Å². The molecule has 2 aromatic carbocycles. The monoisotopic (exact) mass is 708 g/mol. The number of rotatable bonds is 12. The highest BCUT2D eigenvalue weighted by Gasteiger charge is 2.48. The van der Waals surface area contributed by atoms with Gasteiger partial charge in [0.25, 0.3) is 0 Å². The lowest BCUT2D eigenvalue weighted by Crippen LogP contribution is -2.40. The van der Waals surface area contributed by atoms with Crippen molar-refractivity contribution in [3.63, 3.8) is 0 Å². The van der Waals surface area contributed by atoms with Gasteiger partial charge < -0.3 is 14.2 Å². The number of allylic oxidation sites excluding steroid dienone is 1. The number of aryl methyl sites for hydroxylation is 1. The fourth-order valence-corrected chi connectivity index (χ4v) is 5.69. The summed E-state index contributed by atoms with van der Waals surface area (Å²) in [5, 5.41) is 0. The number of alkyl halides is 9. The minimum Gasteiger partial charge on any atom is -0.432 e. The van der Waals surface area contributed by atoms with Crippen LogP contribution in [0.25, 0.3) is 0 Å². The molecule has 0 heterocycles. The third kappa shape index (κ3) is 8.84. The summed E-state index contributed by atoms with van der Waals surface area (Å²) in [4.78, 5) is 0. The van der Waals surface area contributed by atoms with Crippen LogP contribution in [0.2, 0.25) is 0 Å². The van der Waals surface area contributed by atoms with Crippen molar-refractivity contribution in [2.24, 2.45) is 5.92 Å². The molecule has 0 aromatic heterocycles. The Labute approximate surface area is 266 Å². The maximum Gasteiger partial charge on any atom is 0.422 e. The van der Waals surface area contributed by atoms with E-state index >= 15 is 0 Å². The Bertz CT molecular complexity index is 1450. The van der Waals surface area contributed by atoms with Crippen molar-refractivity contribution in [1.82, 2.24) is 0 Å². The molecule has 1 saturated carbocycles. The first-order chi connectivity index (χ1) is 22.2. The zero-order valence-corrected chi connectivity index (χ0v) is 24.9. The quantitative estimate of drug-likeness (QED) is 0.162. The highest BCUT2D eigenvalue weighted by atomic mass is 19.4. The third-order valence-corrected chi connectivity index (χ3v) is 8.10. The van der Waals surface area contributed by atoms with Crippen molar-refractivity contribution in [3.05, 3.63) is 88.5 Å². The van der Waals surface area contributed by atoms with E-state index in [1.54, 1.807) is 0 Å². The van der Waals surface area contributed by atoms with E-state index in [1.807, 2.05) is 0 Å². The Morgan fingerprint density at radius 3 is 1.73 bits per heavy atom. The van der Waals surface area contributed by atoms with E-state index in [-0.39, 0.29) is 43.4 Å². The molecule has 1 fully saturated rings. The Balaban J connectivity index is 1.31. The summed E-state index contributed by atoms with van der Waals surface area (Å²) < 4.78 is 197. The highest BCUT2D eigenvalue weighted by molar-refractivity contribution is 5.33. The van der Waals surface area contributed by atoms with Crippen LogP contribution in [-0.4, -0.2) is 24.4 Å². The van der Waals surface area contributed by atoms with Crippen LogP contribution in [0.3, 0.4) is 0 Å². The molecule has 2 aromatic rings. The number of halogens is 13. The summed E-state index contributed by atoms with van der Waals surface area (Å²) in [7, 11) is 0. The van der Waals surface area contributed by atoms with E-state index in [1.165, 1.54) is 6.08 Å². The van der Waals surface area contributed by atoms with Crippen LogP contribution in [0.5, 0.6) is 5.75 Å². The molecule has 0 saturated heterocycles. The summed E-state index contributed by atoms with van der Waals surface area (Å²) in [6, 6.07) is 1.42. The average molecular weight is 709 g/mol. The Morgan fingerprint density at radius 1 is 0.688 bits per heavy atom. The molecule has 16 heteroatoms. The fraction of sp³-hybridized carbons (Fsp3) is 0.500. The lowest BCUT2D eigenvalue weighted by molar-refractivity contribution is -0.278. The van der Waals surface area contributed by atoms with Crippen LogP contribution >= 0.6 is 0 Å². The van der Waals surface area contributed by atoms with Gasteiger partial charge in [-0.05, 0) is 75.5 Å². The molecular weight excluding hydrogens is 679 g/mol. The predicted octanol–water partition coefficient (Wildman–Crippen LogP) is 10.8. The van der Waals surface area contributed by atoms with Gasteiger partial charge in [0.1, 0.15) is 40.1 Å². The SMILES string of the molecule is C=CCCc1cc(F)c(C(F)(F)OC2CC=C(C(F)(F)OC3CCC(C(F)(F)Oc4cc(F)c(C(F)(F)F)c(F)c4)CC3)CC2)c(F)c1. The molecule has 1 unspecified atom stereocenters. The molecule has 0 aliphatic heterocycles. The van der Waals surface area contributed by atoms with E-state index in [0.717, 1.165) is 18.2 Å². The van der Waals surface area contributed by atoms with Crippen molar-refractivity contribution in [1.29, 1.82) is 0 Å². The average Bonchev–Trinajstić information content (AvgIpc) is 2.94. The van der Waals surface area contributed by atoms with Crippen molar-refractivity contribution >= 4 is 0 Å². The minimum atomic E-state index is -5.42. The van der Waals surface area contributed by atoms with Gasteiger partial charge in [0.15, 0.2) is 0 Å². The van der Waals surface area contributed by atoms with Crippen LogP contribution in [0.1, 0.15) is 68.1 Å². The van der Waals surface area contributed by atoms with Gasteiger partial charge in [-0.2, -0.15) is 39.5 Å². The first-order valence-electron chi connectivity index (χ1n) is 14.8. The van der Waals surface area contributed by atoms with E-state index in [2.05, 4.69) is 16.1 Å². The van der Waals surface area contributed by atoms with Crippen molar-refractivity contribution in [2.75, 3.05) is 0 Å². The standard InChI is InChI=1S/C32H29F13O3/c1-2-3-4-17-13-23(33)28(24(34)14-17)32(44,45)47-21-11-7-18(8-12-21)30(40,41)46-20-9-5-19(6-10-20)31(42,43)48-22-15-25(35)27(26(36)16-22)29(37,38)39/h2,7,13-16,19-21H,1,3-6,8-12H2. The molecule has 2 aliphatic carbocycles. The van der Waals surface area contributed by atoms with Crippen LogP contribution in [-0.2, 0) is 28.2 Å². The van der Waals surface area contributed by atoms with Crippen molar-refractivity contribution in [2.45, 2.75) is 94.5 Å². The second-order valence-corrected chi connectivity index (χ2v) is 11.6. The van der Waals surface area contributed by atoms with Crippen LogP contribution in [0, 0.1) is 29.2 Å². The summed E-state index contributed by atoms with van der Waals surface area (Å²) in [6.45, 7) is 3.47. The normalized spacial score (nSPS) is 21.2. The van der Waals surface area contributed by atoms with Crippen LogP contribution < -0.4 is 4.74 Å². The smallest absolute Gasteiger partial charge is 0.422 e. The Kier molecular flexibility index (Phi) is 11.2. The number of hydrogen-bond donors (Lipinski definition) is 0. The predicted molar refractivity (Wildman–Crippen MR) is 144 cm³/mol. The van der Waals surface area contributed by atoms with Gasteiger partial charge in [0.05, 0.1) is 18.1 Å². The second-order valence-electron chi connectivity index (χ2n) is 11.6. The van der Waals surface area contributed by atoms with Gasteiger partial charge >= 0.3 is 24.5 Å². The van der Waals surface area contributed by atoms with E-state index < -0.39 is 114 Å². The summed E-state index contributed by atoms with van der Waals surface area (Å²) in [5.41, 5.74) is -4.37. The van der Waals surface area contributed by atoms with Gasteiger partial charge in [0.2, 0.25) is 0 Å². The van der Waals surface area contributed by atoms with Gasteiger partial charge in [-0.1, -0.05) is 12.2 Å². The molecule has 3 nitrogen and oxygen atoms in total. The zero-order valence-electron chi connectivity index (χ0n) is 24.9. The minimum absolute atomic E-state index is 0.0384. The molecule has 0 bridgehead atoms. The van der Waals surface area contributed by atoms with Crippen LogP contribution in [0.4, 0.5) is 57.1 Å². The van der Waals surface area contributed by atoms with Gasteiger partial charge in [-0.3, -0.25) is 0 Å². The molecule has 4 rings (SSSR count). The molecular formula is C32H29F13O3. The highest BCUT2D eigenvalue weighted by Crippen LogP contribution is 2.44. The largest absolute Gasteiger partial charge is 0.432 e. The van der Waals surface area contributed by atoms with Gasteiger partial charge in [-0.15, -0.1) is 6.58 Å². The first kappa shape index (κ1) is 37.5. The Morgan fingerprint density at radius 2 is 1.23 bits per heavy atom. The number of ether oxygens (including phenoxy) is 3. The number of benzene rings is 2. The molecule has 1 atom stereocenters. The van der Waals surface area contributed by atoms with Crippen LogP contribution in [0.15, 0.2) is 48.6 Å². The molecule has 0 spiro atoms. The second kappa shape index (κ2) is 14.3. The van der Waals surface area contributed by atoms with Gasteiger partial charge in [0, 0.05) is 17.7 Å². The molecule has 0 N–H and O–H groups in total. The molecule has 0 radical (unpaired) electrons.